The Balaban J connectivity index is 1.18. The number of para-hydroxylation sites is 1. The van der Waals surface area contributed by atoms with Gasteiger partial charge in [-0.1, -0.05) is 24.3 Å². The number of ether oxygens (including phenoxy) is 1. The van der Waals surface area contributed by atoms with E-state index in [9.17, 15) is 14.3 Å². The maximum absolute atomic E-state index is 13.9. The van der Waals surface area contributed by atoms with Gasteiger partial charge in [0.1, 0.15) is 0 Å². The van der Waals surface area contributed by atoms with Gasteiger partial charge in [-0.3, -0.25) is 19.8 Å². The monoisotopic (exact) mass is 552 g/mol. The van der Waals surface area contributed by atoms with E-state index in [0.29, 0.717) is 17.3 Å². The zero-order valence-electron chi connectivity index (χ0n) is 22.3. The Morgan fingerprint density at radius 3 is 2.78 bits per heavy atom. The maximum atomic E-state index is 13.9. The number of aromatic nitrogens is 4. The molecule has 1 aliphatic carbocycles. The van der Waals surface area contributed by atoms with E-state index in [4.69, 9.17) is 4.74 Å². The zero-order chi connectivity index (χ0) is 28.2. The predicted molar refractivity (Wildman–Crippen MR) is 153 cm³/mol. The number of amides is 1. The number of benzene rings is 1. The second-order valence-electron chi connectivity index (χ2n) is 10.1. The third-order valence-electron chi connectivity index (χ3n) is 7.14. The van der Waals surface area contributed by atoms with Crippen molar-refractivity contribution in [2.75, 3.05) is 18.4 Å². The molecule has 4 aromatic rings. The second kappa shape index (κ2) is 11.8. The fourth-order valence-corrected chi connectivity index (χ4v) is 4.97. The SMILES string of the molecule is O=C(Nc1ccc(Oc2ccccc2F)nc1)c1n[nH]c2c1=CC(c1cncc(CN3CCC(O)CC3)c1)=CCC=2. The van der Waals surface area contributed by atoms with Crippen LogP contribution in [-0.4, -0.2) is 55.3 Å². The maximum Gasteiger partial charge on any atom is 0.276 e. The highest BCUT2D eigenvalue weighted by Crippen LogP contribution is 2.24. The van der Waals surface area contributed by atoms with E-state index in [1.165, 1.54) is 18.3 Å². The molecule has 6 rings (SSSR count). The number of aliphatic hydroxyl groups excluding tert-OH is 1. The number of nitrogens with one attached hydrogen (secondary N) is 2. The first-order valence-electron chi connectivity index (χ1n) is 13.5. The molecule has 1 saturated heterocycles. The summed E-state index contributed by atoms with van der Waals surface area (Å²) in [5.41, 5.74) is 3.72. The molecule has 4 heterocycles. The van der Waals surface area contributed by atoms with Gasteiger partial charge in [-0.15, -0.1) is 0 Å². The summed E-state index contributed by atoms with van der Waals surface area (Å²) in [6, 6.07) is 11.4. The van der Waals surface area contributed by atoms with Gasteiger partial charge in [-0.2, -0.15) is 5.10 Å². The van der Waals surface area contributed by atoms with Crippen LogP contribution in [-0.2, 0) is 6.54 Å². The summed E-state index contributed by atoms with van der Waals surface area (Å²) >= 11 is 0. The van der Waals surface area contributed by atoms with Crippen LogP contribution in [0.5, 0.6) is 11.6 Å². The third-order valence-corrected chi connectivity index (χ3v) is 7.14. The molecule has 3 N–H and O–H groups in total. The molecule has 208 valence electrons. The molecule has 0 radical (unpaired) electrons. The van der Waals surface area contributed by atoms with Crippen LogP contribution < -0.4 is 20.6 Å². The first-order valence-corrected chi connectivity index (χ1v) is 13.5. The normalized spacial score (nSPS) is 15.6. The van der Waals surface area contributed by atoms with Crippen molar-refractivity contribution in [3.8, 4) is 11.6 Å². The molecule has 0 spiro atoms. The first-order chi connectivity index (χ1) is 20.0. The van der Waals surface area contributed by atoms with E-state index in [2.05, 4.69) is 42.5 Å². The number of hydrogen-bond acceptors (Lipinski definition) is 7. The number of anilines is 1. The van der Waals surface area contributed by atoms with Crippen molar-refractivity contribution < 1.29 is 19.0 Å². The minimum absolute atomic E-state index is 0.0683. The molecular weight excluding hydrogens is 523 g/mol. The number of nitrogens with zero attached hydrogens (tertiary/aromatic N) is 4. The summed E-state index contributed by atoms with van der Waals surface area (Å²) in [5.74, 6) is -0.610. The van der Waals surface area contributed by atoms with Crippen LogP contribution in [0.25, 0.3) is 17.7 Å². The van der Waals surface area contributed by atoms with Crippen molar-refractivity contribution in [1.29, 1.82) is 0 Å². The Hall–Kier alpha value is -4.67. The second-order valence-corrected chi connectivity index (χ2v) is 10.1. The van der Waals surface area contributed by atoms with Crippen LogP contribution in [0, 0.1) is 5.82 Å². The van der Waals surface area contributed by atoms with Gasteiger partial charge in [-0.25, -0.2) is 9.37 Å². The van der Waals surface area contributed by atoms with Gasteiger partial charge in [0, 0.05) is 48.9 Å². The molecule has 0 saturated carbocycles. The molecule has 3 aromatic heterocycles. The lowest BCUT2D eigenvalue weighted by Gasteiger charge is -2.29. The molecule has 1 amide bonds. The van der Waals surface area contributed by atoms with Crippen LogP contribution >= 0.6 is 0 Å². The van der Waals surface area contributed by atoms with E-state index in [1.54, 1.807) is 24.3 Å². The van der Waals surface area contributed by atoms with E-state index in [-0.39, 0.29) is 23.4 Å². The molecule has 9 nitrogen and oxygen atoms in total. The summed E-state index contributed by atoms with van der Waals surface area (Å²) in [5, 5.41) is 21.3. The number of carbonyl (C=O) groups is 1. The summed E-state index contributed by atoms with van der Waals surface area (Å²) in [6.07, 6.45) is 13.2. The molecule has 1 aliphatic heterocycles. The lowest BCUT2D eigenvalue weighted by atomic mass is 10.0. The standard InChI is InChI=1S/C31H29FN6O3/c32-26-5-1-2-7-28(26)41-29-9-8-23(18-34-29)35-31(40)30-25-15-21(4-3-6-27(25)36-37-30)22-14-20(16-33-17-22)19-38-12-10-24(39)11-13-38/h1-2,4-9,14-18,24,36,39H,3,10-13,19H2,(H,35,40). The fraction of sp³-hybridized carbons (Fsp3) is 0.226. The number of likely N-dealkylation sites (tertiary alicyclic amines) is 1. The quantitative estimate of drug-likeness (QED) is 0.322. The number of allylic oxidation sites excluding steroid dienone is 2. The van der Waals surface area contributed by atoms with E-state index >= 15 is 0 Å². The molecule has 10 heteroatoms. The summed E-state index contributed by atoms with van der Waals surface area (Å²) < 4.78 is 19.4. The number of aromatic amines is 1. The number of halogens is 1. The molecule has 0 unspecified atom stereocenters. The number of carbonyl (C=O) groups excluding carboxylic acids is 1. The Morgan fingerprint density at radius 1 is 1.12 bits per heavy atom. The van der Waals surface area contributed by atoms with Gasteiger partial charge in [-0.05, 0) is 60.7 Å². The van der Waals surface area contributed by atoms with Crippen molar-refractivity contribution in [3.63, 3.8) is 0 Å². The van der Waals surface area contributed by atoms with Gasteiger partial charge < -0.3 is 15.2 Å². The van der Waals surface area contributed by atoms with Gasteiger partial charge in [0.15, 0.2) is 17.3 Å². The zero-order valence-corrected chi connectivity index (χ0v) is 22.3. The van der Waals surface area contributed by atoms with Crippen LogP contribution in [0.3, 0.4) is 0 Å². The number of pyridine rings is 2. The fourth-order valence-electron chi connectivity index (χ4n) is 4.97. The Labute approximate surface area is 235 Å². The van der Waals surface area contributed by atoms with Crippen molar-refractivity contribution in [2.45, 2.75) is 31.9 Å². The molecular formula is C31H29FN6O3. The lowest BCUT2D eigenvalue weighted by Crippen LogP contribution is -2.35. The summed E-state index contributed by atoms with van der Waals surface area (Å²) in [6.45, 7) is 2.50. The highest BCUT2D eigenvalue weighted by molar-refractivity contribution is 6.04. The van der Waals surface area contributed by atoms with Gasteiger partial charge in [0.2, 0.25) is 5.88 Å². The summed E-state index contributed by atoms with van der Waals surface area (Å²) in [7, 11) is 0. The van der Waals surface area contributed by atoms with Gasteiger partial charge in [0.25, 0.3) is 5.91 Å². The third kappa shape index (κ3) is 6.24. The number of H-pyrrole nitrogens is 1. The minimum Gasteiger partial charge on any atom is -0.436 e. The minimum atomic E-state index is -0.488. The molecule has 0 bridgehead atoms. The van der Waals surface area contributed by atoms with Crippen molar-refractivity contribution in [1.82, 2.24) is 25.1 Å². The topological polar surface area (TPSA) is 116 Å². The molecule has 1 fully saturated rings. The Morgan fingerprint density at radius 2 is 1.98 bits per heavy atom. The first kappa shape index (κ1) is 26.5. The van der Waals surface area contributed by atoms with Gasteiger partial charge >= 0.3 is 0 Å². The smallest absolute Gasteiger partial charge is 0.276 e. The van der Waals surface area contributed by atoms with Crippen molar-refractivity contribution in [2.24, 2.45) is 0 Å². The average Bonchev–Trinajstić information content (AvgIpc) is 3.26. The van der Waals surface area contributed by atoms with Crippen LogP contribution in [0.1, 0.15) is 40.9 Å². The molecule has 2 aliphatic rings. The Kier molecular flexibility index (Phi) is 7.66. The number of rotatable bonds is 7. The van der Waals surface area contributed by atoms with Crippen molar-refractivity contribution >= 4 is 29.3 Å². The Bertz CT molecular complexity index is 1710. The molecule has 0 atom stereocenters. The van der Waals surface area contributed by atoms with Crippen LogP contribution in [0.2, 0.25) is 0 Å². The number of piperidine rings is 1. The van der Waals surface area contributed by atoms with E-state index in [0.717, 1.165) is 54.5 Å². The summed E-state index contributed by atoms with van der Waals surface area (Å²) in [4.78, 5) is 24.2. The van der Waals surface area contributed by atoms with Crippen molar-refractivity contribution in [3.05, 3.63) is 100 Å². The number of hydrogen-bond donors (Lipinski definition) is 3. The molecule has 1 aromatic carbocycles. The predicted octanol–water partition coefficient (Wildman–Crippen LogP) is 3.39. The lowest BCUT2D eigenvalue weighted by molar-refractivity contribution is 0.0792. The van der Waals surface area contributed by atoms with Crippen LogP contribution in [0.4, 0.5) is 10.1 Å². The highest BCUT2D eigenvalue weighted by atomic mass is 19.1. The van der Waals surface area contributed by atoms with E-state index in [1.807, 2.05) is 24.5 Å². The van der Waals surface area contributed by atoms with Crippen LogP contribution in [0.15, 0.2) is 67.1 Å². The van der Waals surface area contributed by atoms with Gasteiger partial charge in [0.05, 0.1) is 23.3 Å². The number of aliphatic hydroxyl groups is 1. The van der Waals surface area contributed by atoms with E-state index < -0.39 is 11.7 Å². The highest BCUT2D eigenvalue weighted by Gasteiger charge is 2.18. The average molecular weight is 553 g/mol. The molecule has 41 heavy (non-hydrogen) atoms. The number of fused-ring (bicyclic) bond motifs is 1. The largest absolute Gasteiger partial charge is 0.436 e.